The number of hydrogen-bond acceptors (Lipinski definition) is 3. The van der Waals surface area contributed by atoms with Crippen molar-refractivity contribution in [3.05, 3.63) is 0 Å². The topological polar surface area (TPSA) is 87.0 Å². The number of rotatable bonds is 1. The summed E-state index contributed by atoms with van der Waals surface area (Å²) in [5.41, 5.74) is 0. The first-order valence-corrected chi connectivity index (χ1v) is 2.48. The van der Waals surface area contributed by atoms with Gasteiger partial charge in [0.05, 0.1) is 0 Å². The van der Waals surface area contributed by atoms with Crippen molar-refractivity contribution in [1.29, 1.82) is 0 Å². The van der Waals surface area contributed by atoms with Gasteiger partial charge in [-0.1, -0.05) is 0 Å². The van der Waals surface area contributed by atoms with Crippen molar-refractivity contribution in [3.8, 4) is 0 Å². The Labute approximate surface area is 142 Å². The molecule has 3 N–H and O–H groups in total. The quantitative estimate of drug-likeness (QED) is 0.195. The van der Waals surface area contributed by atoms with Crippen LogP contribution in [-0.2, 0) is 9.24 Å². The van der Waals surface area contributed by atoms with Gasteiger partial charge in [-0.25, -0.2) is 9.82 Å². The van der Waals surface area contributed by atoms with Crippen LogP contribution in [0.2, 0.25) is 0 Å². The third-order valence-electron chi connectivity index (χ3n) is 0.106. The van der Waals surface area contributed by atoms with Gasteiger partial charge >= 0.3 is 121 Å². The second-order valence-electron chi connectivity index (χ2n) is 0.572. The molecule has 0 amide bonds. The molecular formula is H9Ca3O5P. The number of phosphoric acid groups is 1. The fraction of sp³-hybridized carbons (Fsp3) is 0. The summed E-state index contributed by atoms with van der Waals surface area (Å²) in [6.45, 7) is 0. The van der Waals surface area contributed by atoms with Gasteiger partial charge in [-0.2, -0.15) is 0 Å². The maximum absolute atomic E-state index is 9.22. The van der Waals surface area contributed by atoms with Gasteiger partial charge in [0.1, 0.15) is 0 Å². The molecule has 50 valence electrons. The Bertz CT molecular complexity index is 76.3. The summed E-state index contributed by atoms with van der Waals surface area (Å²) >= 11 is 0. The molecule has 0 aliphatic carbocycles. The first-order valence-electron chi connectivity index (χ1n) is 0.948. The Morgan fingerprint density at radius 2 is 1.22 bits per heavy atom. The molecule has 0 spiro atoms. The Morgan fingerprint density at radius 1 is 1.11 bits per heavy atom. The van der Waals surface area contributed by atoms with Crippen molar-refractivity contribution in [2.24, 2.45) is 0 Å². The minimum absolute atomic E-state index is 0. The van der Waals surface area contributed by atoms with E-state index in [1.807, 2.05) is 0 Å². The molecule has 5 nitrogen and oxygen atoms in total. The van der Waals surface area contributed by atoms with E-state index in [-0.39, 0.29) is 113 Å². The molecule has 0 radical (unpaired) electrons. The van der Waals surface area contributed by atoms with Crippen molar-refractivity contribution in [3.63, 3.8) is 0 Å². The van der Waals surface area contributed by atoms with E-state index < -0.39 is 7.82 Å². The van der Waals surface area contributed by atoms with Crippen LogP contribution in [0.25, 0.3) is 0 Å². The van der Waals surface area contributed by atoms with Gasteiger partial charge in [0.25, 0.3) is 0 Å². The van der Waals surface area contributed by atoms with Gasteiger partial charge < -0.3 is 9.79 Å². The Balaban J connectivity index is -0.0000000417. The predicted molar refractivity (Wildman–Crippen MR) is 41.4 cm³/mol. The molecule has 0 saturated heterocycles. The summed E-state index contributed by atoms with van der Waals surface area (Å²) in [5, 5.41) is 7.14. The van der Waals surface area contributed by atoms with E-state index in [4.69, 9.17) is 15.0 Å². The molecule has 0 heterocycles. The maximum atomic E-state index is 9.22. The second-order valence-corrected chi connectivity index (χ2v) is 1.72. The monoisotopic (exact) mass is 240 g/mol. The SMILES string of the molecule is O=P(O)(O)OO.[CaH2].[CaH2].[CaH2]. The zero-order valence-corrected chi connectivity index (χ0v) is 3.50. The van der Waals surface area contributed by atoms with Crippen molar-refractivity contribution >= 4 is 121 Å². The van der Waals surface area contributed by atoms with Crippen LogP contribution in [0.15, 0.2) is 0 Å². The van der Waals surface area contributed by atoms with E-state index >= 15 is 0 Å². The van der Waals surface area contributed by atoms with Gasteiger partial charge in [0.15, 0.2) is 0 Å². The van der Waals surface area contributed by atoms with E-state index in [2.05, 4.69) is 4.67 Å². The van der Waals surface area contributed by atoms with Crippen molar-refractivity contribution < 1.29 is 24.3 Å². The molecule has 0 unspecified atom stereocenters. The molecule has 0 aromatic carbocycles. The van der Waals surface area contributed by atoms with Crippen LogP contribution in [0.3, 0.4) is 0 Å². The molecule has 9 heteroatoms. The molecule has 0 aromatic heterocycles. The molecule has 0 aliphatic rings. The average Bonchev–Trinajstić information content (AvgIpc) is 1.35. The third-order valence-corrected chi connectivity index (χ3v) is 0.319. The van der Waals surface area contributed by atoms with E-state index in [9.17, 15) is 4.57 Å². The average molecular weight is 240 g/mol. The van der Waals surface area contributed by atoms with Gasteiger partial charge in [-0.05, 0) is 0 Å². The predicted octanol–water partition coefficient (Wildman–Crippen LogP) is -3.18. The van der Waals surface area contributed by atoms with Crippen LogP contribution >= 0.6 is 7.82 Å². The molecule has 0 fully saturated rings. The summed E-state index contributed by atoms with van der Waals surface area (Å²) in [6.07, 6.45) is 0. The molecule has 0 rings (SSSR count). The Kier molecular flexibility index (Phi) is 30.3. The molecule has 0 saturated carbocycles. The van der Waals surface area contributed by atoms with E-state index in [0.29, 0.717) is 0 Å². The van der Waals surface area contributed by atoms with Crippen molar-refractivity contribution in [2.75, 3.05) is 0 Å². The molecule has 9 heavy (non-hydrogen) atoms. The Hall–Kier alpha value is 3.85. The van der Waals surface area contributed by atoms with Crippen LogP contribution in [0.4, 0.5) is 0 Å². The molecule has 0 aromatic rings. The number of hydrogen-bond donors (Lipinski definition) is 3. The summed E-state index contributed by atoms with van der Waals surface area (Å²) < 4.78 is 11.8. The fourth-order valence-electron chi connectivity index (χ4n) is 0. The molecular weight excluding hydrogens is 231 g/mol. The van der Waals surface area contributed by atoms with Crippen molar-refractivity contribution in [2.45, 2.75) is 0 Å². The first kappa shape index (κ1) is 23.0. The van der Waals surface area contributed by atoms with Crippen molar-refractivity contribution in [1.82, 2.24) is 0 Å². The van der Waals surface area contributed by atoms with Gasteiger partial charge in [0.2, 0.25) is 0 Å². The zero-order valence-electron chi connectivity index (χ0n) is 2.61. The Morgan fingerprint density at radius 3 is 1.22 bits per heavy atom. The van der Waals surface area contributed by atoms with Crippen LogP contribution in [0, 0.1) is 0 Å². The van der Waals surface area contributed by atoms with Crippen LogP contribution in [-0.4, -0.2) is 128 Å². The summed E-state index contributed by atoms with van der Waals surface area (Å²) in [5.74, 6) is 0. The summed E-state index contributed by atoms with van der Waals surface area (Å²) in [4.78, 5) is 14.9. The summed E-state index contributed by atoms with van der Waals surface area (Å²) in [6, 6.07) is 0. The first-order chi connectivity index (χ1) is 2.56. The fourth-order valence-corrected chi connectivity index (χ4v) is 0. The van der Waals surface area contributed by atoms with E-state index in [1.165, 1.54) is 0 Å². The van der Waals surface area contributed by atoms with Gasteiger partial charge in [0, 0.05) is 0 Å². The second kappa shape index (κ2) is 11.8. The third kappa shape index (κ3) is 24.5. The molecule has 0 aliphatic heterocycles. The molecule has 0 bridgehead atoms. The normalized spacial score (nSPS) is 7.89. The summed E-state index contributed by atoms with van der Waals surface area (Å²) in [7, 11) is -4.59. The zero-order chi connectivity index (χ0) is 5.21. The standard InChI is InChI=1S/3Ca.H3O5P.6H/c;;;1-5-6(2,3)4;;;;;;/h;;;1H,(H2,2,3,4);;;;;;. The van der Waals surface area contributed by atoms with E-state index in [0.717, 1.165) is 0 Å². The molecule has 0 atom stereocenters. The van der Waals surface area contributed by atoms with Gasteiger partial charge in [-0.3, -0.25) is 0 Å². The van der Waals surface area contributed by atoms with Crippen LogP contribution in [0.1, 0.15) is 0 Å². The van der Waals surface area contributed by atoms with E-state index in [1.54, 1.807) is 0 Å². The minimum atomic E-state index is -4.59. The van der Waals surface area contributed by atoms with Gasteiger partial charge in [-0.15, -0.1) is 4.67 Å². The van der Waals surface area contributed by atoms with Crippen LogP contribution in [0.5, 0.6) is 0 Å². The van der Waals surface area contributed by atoms with Crippen LogP contribution < -0.4 is 0 Å².